The molecule has 0 radical (unpaired) electrons. The molecule has 1 aromatic heterocycles. The Labute approximate surface area is 110 Å². The molecule has 1 aromatic carbocycles. The number of nitrogens with zero attached hydrogens (tertiary/aromatic N) is 2. The predicted molar refractivity (Wildman–Crippen MR) is 71.2 cm³/mol. The average Bonchev–Trinajstić information content (AvgIpc) is 2.36. The monoisotopic (exact) mass is 265 g/mol. The van der Waals surface area contributed by atoms with Crippen molar-refractivity contribution in [3.63, 3.8) is 0 Å². The maximum absolute atomic E-state index is 13.0. The van der Waals surface area contributed by atoms with Gasteiger partial charge >= 0.3 is 0 Å². The van der Waals surface area contributed by atoms with Gasteiger partial charge in [-0.3, -0.25) is 0 Å². The third-order valence-electron chi connectivity index (χ3n) is 2.38. The van der Waals surface area contributed by atoms with E-state index in [1.807, 2.05) is 0 Å². The van der Waals surface area contributed by atoms with E-state index in [0.29, 0.717) is 16.4 Å². The number of hydrogen-bond acceptors (Lipinski definition) is 3. The standard InChI is InChI=1S/C13H13ClFN3/c1-2-6-16-12-5-7-17-13(18-12)10-4-3-9(15)8-11(10)14/h3-5,7-8H,2,6H2,1H3,(H,16,17,18). The van der Waals surface area contributed by atoms with E-state index in [1.165, 1.54) is 12.1 Å². The van der Waals surface area contributed by atoms with Crippen molar-refractivity contribution >= 4 is 17.4 Å². The Bertz CT molecular complexity index is 546. The Morgan fingerprint density at radius 3 is 2.89 bits per heavy atom. The summed E-state index contributed by atoms with van der Waals surface area (Å²) in [6.45, 7) is 2.92. The number of nitrogens with one attached hydrogen (secondary N) is 1. The molecule has 0 unspecified atom stereocenters. The number of anilines is 1. The molecule has 1 N–H and O–H groups in total. The third-order valence-corrected chi connectivity index (χ3v) is 2.70. The molecule has 2 rings (SSSR count). The highest BCUT2D eigenvalue weighted by atomic mass is 35.5. The normalized spacial score (nSPS) is 10.4. The van der Waals surface area contributed by atoms with Crippen molar-refractivity contribution in [2.24, 2.45) is 0 Å². The zero-order chi connectivity index (χ0) is 13.0. The molecule has 0 aliphatic carbocycles. The van der Waals surface area contributed by atoms with E-state index in [-0.39, 0.29) is 5.82 Å². The van der Waals surface area contributed by atoms with Gasteiger partial charge in [0.15, 0.2) is 5.82 Å². The number of halogens is 2. The van der Waals surface area contributed by atoms with E-state index in [4.69, 9.17) is 11.6 Å². The second kappa shape index (κ2) is 5.78. The van der Waals surface area contributed by atoms with Crippen molar-refractivity contribution in [1.82, 2.24) is 9.97 Å². The molecule has 0 aliphatic heterocycles. The summed E-state index contributed by atoms with van der Waals surface area (Å²) in [6.07, 6.45) is 2.66. The summed E-state index contributed by atoms with van der Waals surface area (Å²) in [4.78, 5) is 8.49. The second-order valence-corrected chi connectivity index (χ2v) is 4.22. The molecule has 0 spiro atoms. The Morgan fingerprint density at radius 2 is 2.17 bits per heavy atom. The zero-order valence-corrected chi connectivity index (χ0v) is 10.7. The van der Waals surface area contributed by atoms with Crippen LogP contribution in [-0.2, 0) is 0 Å². The molecule has 2 aromatic rings. The number of hydrogen-bond donors (Lipinski definition) is 1. The van der Waals surface area contributed by atoms with Gasteiger partial charge in [-0.2, -0.15) is 0 Å². The molecule has 1 heterocycles. The molecule has 0 fully saturated rings. The SMILES string of the molecule is CCCNc1ccnc(-c2ccc(F)cc2Cl)n1. The van der Waals surface area contributed by atoms with Crippen LogP contribution in [0.4, 0.5) is 10.2 Å². The molecule has 3 nitrogen and oxygen atoms in total. The van der Waals surface area contributed by atoms with E-state index in [1.54, 1.807) is 18.3 Å². The second-order valence-electron chi connectivity index (χ2n) is 3.82. The lowest BCUT2D eigenvalue weighted by Gasteiger charge is -2.06. The summed E-state index contributed by atoms with van der Waals surface area (Å²) in [5.41, 5.74) is 0.623. The molecular weight excluding hydrogens is 253 g/mol. The third kappa shape index (κ3) is 2.96. The first kappa shape index (κ1) is 12.8. The molecule has 94 valence electrons. The highest BCUT2D eigenvalue weighted by molar-refractivity contribution is 6.33. The molecular formula is C13H13ClFN3. The van der Waals surface area contributed by atoms with E-state index in [2.05, 4.69) is 22.2 Å². The summed E-state index contributed by atoms with van der Waals surface area (Å²) in [5, 5.41) is 3.48. The van der Waals surface area contributed by atoms with Gasteiger partial charge in [0.1, 0.15) is 11.6 Å². The van der Waals surface area contributed by atoms with Crippen LogP contribution in [0.2, 0.25) is 5.02 Å². The van der Waals surface area contributed by atoms with Crippen molar-refractivity contribution in [1.29, 1.82) is 0 Å². The molecule has 0 bridgehead atoms. The van der Waals surface area contributed by atoms with Gasteiger partial charge in [-0.25, -0.2) is 14.4 Å². The van der Waals surface area contributed by atoms with Crippen molar-refractivity contribution in [2.75, 3.05) is 11.9 Å². The van der Waals surface area contributed by atoms with Gasteiger partial charge < -0.3 is 5.32 Å². The molecule has 0 saturated heterocycles. The Kier molecular flexibility index (Phi) is 4.10. The molecule has 0 saturated carbocycles. The molecule has 18 heavy (non-hydrogen) atoms. The fraction of sp³-hybridized carbons (Fsp3) is 0.231. The first-order valence-electron chi connectivity index (χ1n) is 5.73. The van der Waals surface area contributed by atoms with E-state index >= 15 is 0 Å². The van der Waals surface area contributed by atoms with Crippen LogP contribution in [0.5, 0.6) is 0 Å². The van der Waals surface area contributed by atoms with Gasteiger partial charge in [0, 0.05) is 18.3 Å². The zero-order valence-electron chi connectivity index (χ0n) is 9.95. The topological polar surface area (TPSA) is 37.8 Å². The van der Waals surface area contributed by atoms with Crippen molar-refractivity contribution in [3.05, 3.63) is 41.3 Å². The summed E-state index contributed by atoms with van der Waals surface area (Å²) in [6, 6.07) is 5.97. The van der Waals surface area contributed by atoms with Gasteiger partial charge in [-0.1, -0.05) is 18.5 Å². The van der Waals surface area contributed by atoms with Gasteiger partial charge in [0.2, 0.25) is 0 Å². The van der Waals surface area contributed by atoms with E-state index < -0.39 is 0 Å². The maximum atomic E-state index is 13.0. The molecule has 0 atom stereocenters. The van der Waals surface area contributed by atoms with Gasteiger partial charge in [-0.15, -0.1) is 0 Å². The minimum Gasteiger partial charge on any atom is -0.370 e. The van der Waals surface area contributed by atoms with Crippen molar-refractivity contribution in [2.45, 2.75) is 13.3 Å². The minimum absolute atomic E-state index is 0.308. The van der Waals surface area contributed by atoms with Crippen LogP contribution in [0, 0.1) is 5.82 Å². The fourth-order valence-corrected chi connectivity index (χ4v) is 1.76. The van der Waals surface area contributed by atoms with Crippen LogP contribution in [0.3, 0.4) is 0 Å². The lowest BCUT2D eigenvalue weighted by molar-refractivity contribution is 0.628. The van der Waals surface area contributed by atoms with E-state index in [0.717, 1.165) is 18.8 Å². The highest BCUT2D eigenvalue weighted by Crippen LogP contribution is 2.26. The summed E-state index contributed by atoms with van der Waals surface area (Å²) < 4.78 is 13.0. The Hall–Kier alpha value is -1.68. The van der Waals surface area contributed by atoms with Crippen molar-refractivity contribution < 1.29 is 4.39 Å². The first-order chi connectivity index (χ1) is 8.70. The van der Waals surface area contributed by atoms with Crippen LogP contribution < -0.4 is 5.32 Å². The van der Waals surface area contributed by atoms with Crippen LogP contribution in [0.1, 0.15) is 13.3 Å². The van der Waals surface area contributed by atoms with Gasteiger partial charge in [0.05, 0.1) is 5.02 Å². The summed E-state index contributed by atoms with van der Waals surface area (Å²) in [7, 11) is 0. The minimum atomic E-state index is -0.371. The fourth-order valence-electron chi connectivity index (χ4n) is 1.51. The summed E-state index contributed by atoms with van der Waals surface area (Å²) in [5.74, 6) is 0.854. The average molecular weight is 266 g/mol. The van der Waals surface area contributed by atoms with Crippen molar-refractivity contribution in [3.8, 4) is 11.4 Å². The van der Waals surface area contributed by atoms with Crippen LogP contribution in [0.15, 0.2) is 30.5 Å². The molecule has 0 aliphatic rings. The Morgan fingerprint density at radius 1 is 1.33 bits per heavy atom. The quantitative estimate of drug-likeness (QED) is 0.915. The maximum Gasteiger partial charge on any atom is 0.162 e. The first-order valence-corrected chi connectivity index (χ1v) is 6.11. The van der Waals surface area contributed by atoms with Crippen LogP contribution in [-0.4, -0.2) is 16.5 Å². The van der Waals surface area contributed by atoms with Crippen LogP contribution >= 0.6 is 11.6 Å². The van der Waals surface area contributed by atoms with Gasteiger partial charge in [0.25, 0.3) is 0 Å². The van der Waals surface area contributed by atoms with Gasteiger partial charge in [-0.05, 0) is 30.7 Å². The highest BCUT2D eigenvalue weighted by Gasteiger charge is 2.08. The number of rotatable bonds is 4. The van der Waals surface area contributed by atoms with Crippen LogP contribution in [0.25, 0.3) is 11.4 Å². The Balaban J connectivity index is 2.32. The smallest absolute Gasteiger partial charge is 0.162 e. The van der Waals surface area contributed by atoms with E-state index in [9.17, 15) is 4.39 Å². The number of benzene rings is 1. The number of aromatic nitrogens is 2. The molecule has 5 heteroatoms. The predicted octanol–water partition coefficient (Wildman–Crippen LogP) is 3.76. The lowest BCUT2D eigenvalue weighted by Crippen LogP contribution is -2.03. The largest absolute Gasteiger partial charge is 0.370 e. The molecule has 0 amide bonds. The summed E-state index contributed by atoms with van der Waals surface area (Å²) >= 11 is 5.98. The lowest BCUT2D eigenvalue weighted by atomic mass is 10.2.